The molecule has 49 heavy (non-hydrogen) atoms. The van der Waals surface area contributed by atoms with Crippen molar-refractivity contribution in [3.63, 3.8) is 0 Å². The molecule has 8 nitrogen and oxygen atoms in total. The normalized spacial score (nSPS) is 14.1. The van der Waals surface area contributed by atoms with E-state index < -0.39 is 12.0 Å². The number of nitrogens with zero attached hydrogens (tertiary/aromatic N) is 3. The molecule has 0 saturated carbocycles. The third-order valence-electron chi connectivity index (χ3n) is 7.71. The molecule has 5 aromatic rings. The summed E-state index contributed by atoms with van der Waals surface area (Å²) in [5, 5.41) is 9.58. The zero-order chi connectivity index (χ0) is 34.5. The second-order valence-corrected chi connectivity index (χ2v) is 14.2. The number of carbonyl (C=O) groups excluding carboxylic acids is 1. The second kappa shape index (κ2) is 15.5. The molecule has 0 aliphatic carbocycles. The fourth-order valence-corrected chi connectivity index (χ4v) is 8.59. The summed E-state index contributed by atoms with van der Waals surface area (Å²) in [5.74, 6) is 0.737. The molecule has 2 heterocycles. The van der Waals surface area contributed by atoms with Gasteiger partial charge in [-0.1, -0.05) is 72.0 Å². The van der Waals surface area contributed by atoms with E-state index in [2.05, 4.69) is 51.3 Å². The number of hydrogen-bond acceptors (Lipinski definition) is 8. The maximum atomic E-state index is 14.5. The molecule has 0 fully saturated rings. The van der Waals surface area contributed by atoms with Crippen LogP contribution in [0.4, 0.5) is 0 Å². The summed E-state index contributed by atoms with van der Waals surface area (Å²) < 4.78 is 21.4. The van der Waals surface area contributed by atoms with E-state index >= 15 is 0 Å². The maximum Gasteiger partial charge on any atom is 0.338 e. The van der Waals surface area contributed by atoms with E-state index in [1.807, 2.05) is 97.9 Å². The van der Waals surface area contributed by atoms with Crippen LogP contribution in [0, 0.1) is 18.5 Å². The number of rotatable bonds is 10. The molecular formula is C38H29I2N3O5S. The summed E-state index contributed by atoms with van der Waals surface area (Å²) in [5.41, 5.74) is 3.90. The number of thiazole rings is 1. The first-order valence-corrected chi connectivity index (χ1v) is 18.4. The van der Waals surface area contributed by atoms with E-state index in [0.717, 1.165) is 18.3 Å². The first-order chi connectivity index (χ1) is 23.8. The fraction of sp³-hybridized carbons (Fsp3) is 0.158. The van der Waals surface area contributed by atoms with Gasteiger partial charge in [0.25, 0.3) is 5.56 Å². The molecule has 0 N–H and O–H groups in total. The summed E-state index contributed by atoms with van der Waals surface area (Å²) >= 11 is 5.71. The molecule has 0 bridgehead atoms. The predicted octanol–water partition coefficient (Wildman–Crippen LogP) is 6.99. The Hall–Kier alpha value is -4.26. The highest BCUT2D eigenvalue weighted by Gasteiger charge is 2.35. The van der Waals surface area contributed by atoms with Gasteiger partial charge in [-0.25, -0.2) is 9.79 Å². The van der Waals surface area contributed by atoms with Crippen molar-refractivity contribution < 1.29 is 19.0 Å². The van der Waals surface area contributed by atoms with Gasteiger partial charge in [0.15, 0.2) is 4.80 Å². The molecule has 1 aliphatic heterocycles. The number of halogens is 2. The number of hydrogen-bond donors (Lipinski definition) is 0. The van der Waals surface area contributed by atoms with E-state index in [9.17, 15) is 14.9 Å². The molecule has 0 amide bonds. The van der Waals surface area contributed by atoms with Crippen LogP contribution in [0.1, 0.15) is 47.7 Å². The third kappa shape index (κ3) is 7.36. The molecule has 0 unspecified atom stereocenters. The Morgan fingerprint density at radius 2 is 1.71 bits per heavy atom. The van der Waals surface area contributed by atoms with Gasteiger partial charge in [-0.15, -0.1) is 0 Å². The van der Waals surface area contributed by atoms with Crippen LogP contribution in [-0.4, -0.2) is 23.8 Å². The third-order valence-corrected chi connectivity index (χ3v) is 10.1. The van der Waals surface area contributed by atoms with Gasteiger partial charge in [-0.3, -0.25) is 9.36 Å². The van der Waals surface area contributed by atoms with Gasteiger partial charge < -0.3 is 14.2 Å². The van der Waals surface area contributed by atoms with E-state index in [1.54, 1.807) is 17.6 Å². The SMILES string of the molecule is CCOC(=O)C1=C(c2ccccc2)N=c2s/c(=C\c3cc(I)cc(I)c3OCc3ccccc3C#N)c(=O)n2[C@@H]1c1ccc(OCC)cc1. The predicted molar refractivity (Wildman–Crippen MR) is 206 cm³/mol. The Morgan fingerprint density at radius 1 is 0.980 bits per heavy atom. The minimum Gasteiger partial charge on any atom is -0.494 e. The van der Waals surface area contributed by atoms with Crippen LogP contribution in [0.3, 0.4) is 0 Å². The van der Waals surface area contributed by atoms with Gasteiger partial charge in [0.1, 0.15) is 18.1 Å². The zero-order valence-electron chi connectivity index (χ0n) is 26.5. The number of carbonyl (C=O) groups is 1. The zero-order valence-corrected chi connectivity index (χ0v) is 31.6. The number of aromatic nitrogens is 1. The van der Waals surface area contributed by atoms with Crippen molar-refractivity contribution in [2.75, 3.05) is 13.2 Å². The number of esters is 1. The average molecular weight is 894 g/mol. The van der Waals surface area contributed by atoms with Crippen molar-refractivity contribution in [1.29, 1.82) is 5.26 Å². The van der Waals surface area contributed by atoms with Crippen molar-refractivity contribution in [1.82, 2.24) is 4.57 Å². The van der Waals surface area contributed by atoms with Crippen LogP contribution in [0.2, 0.25) is 0 Å². The summed E-state index contributed by atoms with van der Waals surface area (Å²) in [6, 6.07) is 29.5. The highest BCUT2D eigenvalue weighted by atomic mass is 127. The van der Waals surface area contributed by atoms with E-state index in [4.69, 9.17) is 19.2 Å². The standard InChI is InChI=1S/C38H29I2N3O5S/c1-3-46-29-16-14-24(15-17-29)34-32(37(45)47-4-2)33(23-10-6-5-7-11-23)42-38-43(34)36(44)31(49-38)19-27-18-28(39)20-30(40)35(27)48-22-26-13-9-8-12-25(26)21-41/h5-20,34H,3-4,22H2,1-2H3/b31-19-/t34-/m1/s1. The first kappa shape index (κ1) is 34.6. The lowest BCUT2D eigenvalue weighted by molar-refractivity contribution is -0.138. The van der Waals surface area contributed by atoms with Crippen molar-refractivity contribution in [2.24, 2.45) is 4.99 Å². The molecule has 1 aliphatic rings. The van der Waals surface area contributed by atoms with Crippen LogP contribution < -0.4 is 24.4 Å². The lowest BCUT2D eigenvalue weighted by Crippen LogP contribution is -2.40. The lowest BCUT2D eigenvalue weighted by Gasteiger charge is -2.26. The van der Waals surface area contributed by atoms with Crippen LogP contribution in [0.5, 0.6) is 11.5 Å². The summed E-state index contributed by atoms with van der Waals surface area (Å²) in [4.78, 5) is 33.7. The second-order valence-electron chi connectivity index (χ2n) is 10.8. The molecule has 1 atom stereocenters. The Morgan fingerprint density at radius 3 is 2.43 bits per heavy atom. The Balaban J connectivity index is 1.55. The smallest absolute Gasteiger partial charge is 0.338 e. The van der Waals surface area contributed by atoms with E-state index in [1.165, 1.54) is 11.3 Å². The van der Waals surface area contributed by atoms with E-state index in [-0.39, 0.29) is 24.3 Å². The molecule has 246 valence electrons. The minimum absolute atomic E-state index is 0.164. The minimum atomic E-state index is -0.808. The highest BCUT2D eigenvalue weighted by Crippen LogP contribution is 2.36. The summed E-state index contributed by atoms with van der Waals surface area (Å²) in [6.07, 6.45) is 1.81. The topological polar surface area (TPSA) is 103 Å². The van der Waals surface area contributed by atoms with Gasteiger partial charge in [0.2, 0.25) is 0 Å². The Labute approximate surface area is 314 Å². The molecule has 0 radical (unpaired) electrons. The van der Waals surface area contributed by atoms with Crippen molar-refractivity contribution in [2.45, 2.75) is 26.5 Å². The number of ether oxygens (including phenoxy) is 3. The Kier molecular flexibility index (Phi) is 11.0. The van der Waals surface area contributed by atoms with Crippen LogP contribution >= 0.6 is 56.5 Å². The number of fused-ring (bicyclic) bond motifs is 1. The maximum absolute atomic E-state index is 14.5. The molecule has 0 saturated heterocycles. The largest absolute Gasteiger partial charge is 0.494 e. The Bertz CT molecular complexity index is 2290. The lowest BCUT2D eigenvalue weighted by atomic mass is 9.93. The van der Waals surface area contributed by atoms with Crippen LogP contribution in [-0.2, 0) is 16.1 Å². The van der Waals surface area contributed by atoms with Crippen LogP contribution in [0.25, 0.3) is 11.8 Å². The van der Waals surface area contributed by atoms with Gasteiger partial charge in [-0.2, -0.15) is 5.26 Å². The quantitative estimate of drug-likeness (QED) is 0.111. The molecule has 1 aromatic heterocycles. The average Bonchev–Trinajstić information content (AvgIpc) is 3.42. The summed E-state index contributed by atoms with van der Waals surface area (Å²) in [7, 11) is 0. The monoisotopic (exact) mass is 893 g/mol. The number of nitriles is 1. The highest BCUT2D eigenvalue weighted by molar-refractivity contribution is 14.1. The van der Waals surface area contributed by atoms with Crippen molar-refractivity contribution >= 4 is 74.3 Å². The van der Waals surface area contributed by atoms with Crippen molar-refractivity contribution in [3.8, 4) is 17.6 Å². The molecule has 0 spiro atoms. The summed E-state index contributed by atoms with van der Waals surface area (Å²) in [6.45, 7) is 4.52. The molecule has 11 heteroatoms. The number of benzene rings is 4. The molecular weight excluding hydrogens is 864 g/mol. The van der Waals surface area contributed by atoms with Crippen molar-refractivity contribution in [3.05, 3.63) is 151 Å². The van der Waals surface area contributed by atoms with Gasteiger partial charge in [0.05, 0.1) is 50.3 Å². The first-order valence-electron chi connectivity index (χ1n) is 15.4. The van der Waals surface area contributed by atoms with Gasteiger partial charge >= 0.3 is 5.97 Å². The molecule has 4 aromatic carbocycles. The van der Waals surface area contributed by atoms with Gasteiger partial charge in [0, 0.05) is 20.3 Å². The van der Waals surface area contributed by atoms with E-state index in [0.29, 0.717) is 49.8 Å². The molecule has 6 rings (SSSR count). The van der Waals surface area contributed by atoms with Gasteiger partial charge in [-0.05, 0) is 101 Å². The van der Waals surface area contributed by atoms with Crippen LogP contribution in [0.15, 0.2) is 106 Å². The fourth-order valence-electron chi connectivity index (χ4n) is 5.55.